The second kappa shape index (κ2) is 5.27. The first-order valence-corrected chi connectivity index (χ1v) is 5.00. The third-order valence-electron chi connectivity index (χ3n) is 2.15. The Morgan fingerprint density at radius 3 is 2.73 bits per heavy atom. The highest BCUT2D eigenvalue weighted by Crippen LogP contribution is 1.99. The van der Waals surface area contributed by atoms with E-state index >= 15 is 0 Å². The molecule has 2 heteroatoms. The highest BCUT2D eigenvalue weighted by Gasteiger charge is 1.92. The van der Waals surface area contributed by atoms with Crippen molar-refractivity contribution in [2.24, 2.45) is 0 Å². The van der Waals surface area contributed by atoms with Crippen molar-refractivity contribution in [1.82, 2.24) is 10.3 Å². The molecule has 0 spiro atoms. The molecule has 0 saturated heterocycles. The van der Waals surface area contributed by atoms with Crippen LogP contribution in [0.1, 0.15) is 11.1 Å². The largest absolute Gasteiger partial charge is 0.309 e. The molecule has 0 aliphatic carbocycles. The molecule has 0 amide bonds. The Kier molecular flexibility index (Phi) is 3.47. The van der Waals surface area contributed by atoms with Crippen LogP contribution < -0.4 is 5.32 Å². The van der Waals surface area contributed by atoms with Crippen LogP contribution in [-0.4, -0.2) is 4.98 Å². The van der Waals surface area contributed by atoms with Gasteiger partial charge < -0.3 is 5.32 Å². The van der Waals surface area contributed by atoms with E-state index in [1.54, 1.807) is 6.20 Å². The summed E-state index contributed by atoms with van der Waals surface area (Å²) in [4.78, 5) is 4.06. The Morgan fingerprint density at radius 2 is 2.00 bits per heavy atom. The quantitative estimate of drug-likeness (QED) is 0.812. The second-order valence-corrected chi connectivity index (χ2v) is 3.38. The number of rotatable bonds is 4. The smallest absolute Gasteiger partial charge is 0.0312 e. The maximum absolute atomic E-state index is 4.06. The number of hydrogen-bond donors (Lipinski definition) is 1. The zero-order valence-corrected chi connectivity index (χ0v) is 8.48. The molecule has 15 heavy (non-hydrogen) atoms. The standard InChI is InChI=1S/C13H13N2/c1-2-5-12(6-3-1)9-15-11-13-7-4-8-14-10-13/h1-2,4-8,10,15H,9,11H2. The van der Waals surface area contributed by atoms with E-state index in [0.717, 1.165) is 13.1 Å². The summed E-state index contributed by atoms with van der Waals surface area (Å²) in [5, 5.41) is 3.36. The Morgan fingerprint density at radius 1 is 1.13 bits per heavy atom. The van der Waals surface area contributed by atoms with E-state index in [0.29, 0.717) is 0 Å². The lowest BCUT2D eigenvalue weighted by Crippen LogP contribution is -2.12. The zero-order chi connectivity index (χ0) is 10.3. The van der Waals surface area contributed by atoms with Crippen molar-refractivity contribution in [2.45, 2.75) is 13.1 Å². The summed E-state index contributed by atoms with van der Waals surface area (Å²) in [6.45, 7) is 1.72. The molecule has 1 aromatic heterocycles. The maximum Gasteiger partial charge on any atom is 0.0312 e. The topological polar surface area (TPSA) is 24.9 Å². The summed E-state index contributed by atoms with van der Waals surface area (Å²) in [6, 6.07) is 15.1. The van der Waals surface area contributed by atoms with Gasteiger partial charge in [0, 0.05) is 25.5 Å². The van der Waals surface area contributed by atoms with Crippen molar-refractivity contribution >= 4 is 0 Å². The lowest BCUT2D eigenvalue weighted by Gasteiger charge is -2.04. The molecule has 0 bridgehead atoms. The third-order valence-corrected chi connectivity index (χ3v) is 2.15. The van der Waals surface area contributed by atoms with E-state index in [2.05, 4.69) is 28.5 Å². The molecule has 2 rings (SSSR count). The molecule has 1 heterocycles. The van der Waals surface area contributed by atoms with Gasteiger partial charge in [-0.3, -0.25) is 4.98 Å². The van der Waals surface area contributed by atoms with Crippen LogP contribution in [0, 0.1) is 6.07 Å². The molecule has 2 nitrogen and oxygen atoms in total. The molecule has 0 unspecified atom stereocenters. The molecule has 0 saturated carbocycles. The van der Waals surface area contributed by atoms with Gasteiger partial charge in [0.25, 0.3) is 0 Å². The minimum absolute atomic E-state index is 0.850. The second-order valence-electron chi connectivity index (χ2n) is 3.38. The average molecular weight is 197 g/mol. The normalized spacial score (nSPS) is 10.1. The predicted molar refractivity (Wildman–Crippen MR) is 60.1 cm³/mol. The van der Waals surface area contributed by atoms with Crippen LogP contribution in [0.5, 0.6) is 0 Å². The van der Waals surface area contributed by atoms with E-state index in [9.17, 15) is 0 Å². The van der Waals surface area contributed by atoms with Crippen LogP contribution in [0.15, 0.2) is 48.8 Å². The van der Waals surface area contributed by atoms with Crippen LogP contribution in [0.4, 0.5) is 0 Å². The summed E-state index contributed by atoms with van der Waals surface area (Å²) in [7, 11) is 0. The van der Waals surface area contributed by atoms with E-state index in [1.165, 1.54) is 11.1 Å². The minimum Gasteiger partial charge on any atom is -0.309 e. The summed E-state index contributed by atoms with van der Waals surface area (Å²) in [5.41, 5.74) is 2.46. The van der Waals surface area contributed by atoms with E-state index in [1.807, 2.05) is 30.5 Å². The lowest BCUT2D eigenvalue weighted by atomic mass is 10.2. The molecular weight excluding hydrogens is 184 g/mol. The van der Waals surface area contributed by atoms with Gasteiger partial charge in [-0.15, -0.1) is 0 Å². The van der Waals surface area contributed by atoms with Gasteiger partial charge in [0.2, 0.25) is 0 Å². The summed E-state index contributed by atoms with van der Waals surface area (Å²) < 4.78 is 0. The van der Waals surface area contributed by atoms with Crippen molar-refractivity contribution in [1.29, 1.82) is 0 Å². The highest BCUT2D eigenvalue weighted by atomic mass is 14.8. The highest BCUT2D eigenvalue weighted by molar-refractivity contribution is 5.14. The molecular formula is C13H13N2. The van der Waals surface area contributed by atoms with Crippen LogP contribution in [-0.2, 0) is 13.1 Å². The van der Waals surface area contributed by atoms with Crippen LogP contribution in [0.2, 0.25) is 0 Å². The number of nitrogens with one attached hydrogen (secondary N) is 1. The van der Waals surface area contributed by atoms with Crippen molar-refractivity contribution in [3.63, 3.8) is 0 Å². The van der Waals surface area contributed by atoms with E-state index in [4.69, 9.17) is 0 Å². The van der Waals surface area contributed by atoms with Crippen LogP contribution in [0.3, 0.4) is 0 Å². The molecule has 75 valence electrons. The average Bonchev–Trinajstić information content (AvgIpc) is 2.32. The van der Waals surface area contributed by atoms with Crippen LogP contribution in [0.25, 0.3) is 0 Å². The fourth-order valence-electron chi connectivity index (χ4n) is 1.39. The third kappa shape index (κ3) is 3.18. The van der Waals surface area contributed by atoms with Crippen molar-refractivity contribution < 1.29 is 0 Å². The number of hydrogen-bond acceptors (Lipinski definition) is 2. The Hall–Kier alpha value is -1.67. The van der Waals surface area contributed by atoms with Gasteiger partial charge in [0.1, 0.15) is 0 Å². The molecule has 2 aromatic rings. The van der Waals surface area contributed by atoms with E-state index < -0.39 is 0 Å². The predicted octanol–water partition coefficient (Wildman–Crippen LogP) is 2.17. The van der Waals surface area contributed by atoms with Gasteiger partial charge in [-0.1, -0.05) is 24.3 Å². The molecule has 0 aliphatic rings. The van der Waals surface area contributed by atoms with Crippen LogP contribution >= 0.6 is 0 Å². The first kappa shape index (κ1) is 9.87. The fourth-order valence-corrected chi connectivity index (χ4v) is 1.39. The van der Waals surface area contributed by atoms with Gasteiger partial charge in [-0.25, -0.2) is 0 Å². The number of pyridine rings is 1. The zero-order valence-electron chi connectivity index (χ0n) is 8.48. The molecule has 1 radical (unpaired) electrons. The van der Waals surface area contributed by atoms with Gasteiger partial charge in [-0.2, -0.15) is 0 Å². The fraction of sp³-hybridized carbons (Fsp3) is 0.154. The van der Waals surface area contributed by atoms with Gasteiger partial charge in [0.05, 0.1) is 0 Å². The molecule has 1 N–H and O–H groups in total. The van der Waals surface area contributed by atoms with Gasteiger partial charge in [-0.05, 0) is 29.3 Å². The van der Waals surface area contributed by atoms with Gasteiger partial charge >= 0.3 is 0 Å². The Labute approximate surface area is 90.0 Å². The lowest BCUT2D eigenvalue weighted by molar-refractivity contribution is 0.691. The molecule has 0 atom stereocenters. The Bertz CT molecular complexity index is 344. The monoisotopic (exact) mass is 197 g/mol. The summed E-state index contributed by atoms with van der Waals surface area (Å²) in [6.07, 6.45) is 3.67. The number of aromatic nitrogens is 1. The first-order valence-electron chi connectivity index (χ1n) is 5.00. The van der Waals surface area contributed by atoms with E-state index in [-0.39, 0.29) is 0 Å². The minimum atomic E-state index is 0.850. The maximum atomic E-state index is 4.06. The summed E-state index contributed by atoms with van der Waals surface area (Å²) >= 11 is 0. The van der Waals surface area contributed by atoms with Crippen molar-refractivity contribution in [3.8, 4) is 0 Å². The Balaban J connectivity index is 1.81. The molecule has 0 aliphatic heterocycles. The van der Waals surface area contributed by atoms with Crippen molar-refractivity contribution in [3.05, 3.63) is 66.0 Å². The van der Waals surface area contributed by atoms with Crippen molar-refractivity contribution in [2.75, 3.05) is 0 Å². The molecule has 0 fully saturated rings. The van der Waals surface area contributed by atoms with Gasteiger partial charge in [0.15, 0.2) is 0 Å². The first-order chi connectivity index (χ1) is 7.45. The SMILES string of the molecule is [c]1cccc(CNCc2cccnc2)c1. The summed E-state index contributed by atoms with van der Waals surface area (Å²) in [5.74, 6) is 0. The number of benzene rings is 1. The number of nitrogens with zero attached hydrogens (tertiary/aromatic N) is 1. The molecule has 1 aromatic carbocycles.